The Hall–Kier alpha value is -2.76. The average molecular weight is 449 g/mol. The first-order chi connectivity index (χ1) is 15.3. The highest BCUT2D eigenvalue weighted by Crippen LogP contribution is 2.19. The molecule has 0 radical (unpaired) electrons. The van der Waals surface area contributed by atoms with Gasteiger partial charge >= 0.3 is 0 Å². The molecule has 0 N–H and O–H groups in total. The molecule has 0 aliphatic rings. The van der Waals surface area contributed by atoms with Gasteiger partial charge in [0, 0.05) is 25.3 Å². The molecule has 4 nitrogen and oxygen atoms in total. The van der Waals surface area contributed by atoms with Crippen molar-refractivity contribution in [2.75, 3.05) is 0 Å². The van der Waals surface area contributed by atoms with E-state index < -0.39 is 10.0 Å². The Morgan fingerprint density at radius 3 is 1.78 bits per heavy atom. The summed E-state index contributed by atoms with van der Waals surface area (Å²) in [5.74, 6) is 0.391. The number of rotatable bonds is 10. The van der Waals surface area contributed by atoms with Crippen molar-refractivity contribution in [1.82, 2.24) is 4.90 Å². The van der Waals surface area contributed by atoms with Crippen LogP contribution in [0.15, 0.2) is 94.2 Å². The van der Waals surface area contributed by atoms with E-state index in [1.54, 1.807) is 30.5 Å². The number of aryl methyl sites for hydroxylation is 1. The second kappa shape index (κ2) is 11.2. The van der Waals surface area contributed by atoms with Gasteiger partial charge in [-0.2, -0.15) is 12.8 Å². The fourth-order valence-electron chi connectivity index (χ4n) is 3.63. The molecule has 0 fully saturated rings. The molecule has 0 amide bonds. The van der Waals surface area contributed by atoms with E-state index in [0.717, 1.165) is 12.0 Å². The highest BCUT2D eigenvalue weighted by molar-refractivity contribution is 7.90. The van der Waals surface area contributed by atoms with Gasteiger partial charge < -0.3 is 0 Å². The van der Waals surface area contributed by atoms with Gasteiger partial charge in [0.25, 0.3) is 10.0 Å². The van der Waals surface area contributed by atoms with Crippen LogP contribution in [0.25, 0.3) is 0 Å². The molecule has 0 spiro atoms. The molecule has 5 heteroatoms. The van der Waals surface area contributed by atoms with Gasteiger partial charge in [-0.3, -0.25) is 4.90 Å². The summed E-state index contributed by atoms with van der Waals surface area (Å²) in [5, 5.41) is 0. The summed E-state index contributed by atoms with van der Waals surface area (Å²) in [6.07, 6.45) is 2.44. The van der Waals surface area contributed by atoms with E-state index in [-0.39, 0.29) is 10.9 Å². The summed E-state index contributed by atoms with van der Waals surface area (Å²) < 4.78 is 29.8. The van der Waals surface area contributed by atoms with Crippen molar-refractivity contribution in [3.8, 4) is 0 Å². The number of hydrogen-bond acceptors (Lipinski definition) is 3. The number of hydrogen-bond donors (Lipinski definition) is 0. The summed E-state index contributed by atoms with van der Waals surface area (Å²) in [6, 6.07) is 27.3. The van der Waals surface area contributed by atoms with Crippen LogP contribution in [0.4, 0.5) is 0 Å². The highest BCUT2D eigenvalue weighted by atomic mass is 32.2. The first-order valence-corrected chi connectivity index (χ1v) is 12.5. The fraction of sp³-hybridized carbons (Fsp3) is 0.296. The minimum atomic E-state index is -3.74. The monoisotopic (exact) mass is 448 g/mol. The van der Waals surface area contributed by atoms with Crippen molar-refractivity contribution >= 4 is 16.2 Å². The van der Waals surface area contributed by atoms with Crippen molar-refractivity contribution in [3.05, 3.63) is 102 Å². The van der Waals surface area contributed by atoms with Crippen LogP contribution in [-0.4, -0.2) is 25.6 Å². The number of nitrogens with zero attached hydrogens (tertiary/aromatic N) is 2. The van der Waals surface area contributed by atoms with Crippen LogP contribution in [0.2, 0.25) is 0 Å². The SMILES string of the molecule is Cc1ccc(S(=O)(=O)/N=C\[C@H](CC(C)C)N(Cc2ccccc2)Cc2ccccc2)cc1. The van der Waals surface area contributed by atoms with Crippen molar-refractivity contribution in [3.63, 3.8) is 0 Å². The second-order valence-corrected chi connectivity index (χ2v) is 10.2. The van der Waals surface area contributed by atoms with Crippen LogP contribution < -0.4 is 0 Å². The van der Waals surface area contributed by atoms with E-state index in [1.165, 1.54) is 11.1 Å². The Morgan fingerprint density at radius 2 is 1.31 bits per heavy atom. The van der Waals surface area contributed by atoms with Crippen molar-refractivity contribution in [2.45, 2.75) is 51.2 Å². The maximum absolute atomic E-state index is 12.9. The Kier molecular flexibility index (Phi) is 8.37. The average Bonchev–Trinajstić information content (AvgIpc) is 2.78. The van der Waals surface area contributed by atoms with Crippen LogP contribution in [-0.2, 0) is 23.1 Å². The summed E-state index contributed by atoms with van der Waals surface area (Å²) in [4.78, 5) is 2.53. The molecule has 0 saturated heterocycles. The maximum atomic E-state index is 12.9. The topological polar surface area (TPSA) is 49.7 Å². The van der Waals surface area contributed by atoms with Crippen LogP contribution in [0.3, 0.4) is 0 Å². The van der Waals surface area contributed by atoms with Gasteiger partial charge in [0.2, 0.25) is 0 Å². The molecule has 1 atom stereocenters. The smallest absolute Gasteiger partial charge is 0.282 e. The minimum Gasteiger partial charge on any atom is -0.287 e. The predicted octanol–water partition coefficient (Wildman–Crippen LogP) is 5.87. The Bertz CT molecular complexity index is 1050. The standard InChI is InChI=1S/C27H32N2O2S/c1-22(2)18-26(19-28-32(30,31)27-16-14-23(3)15-17-27)29(20-24-10-6-4-7-11-24)21-25-12-8-5-9-13-25/h4-17,19,22,26H,18,20-21H2,1-3H3/b28-19-/t26-/m0/s1. The van der Waals surface area contributed by atoms with Gasteiger partial charge in [-0.1, -0.05) is 92.2 Å². The van der Waals surface area contributed by atoms with Crippen LogP contribution in [0, 0.1) is 12.8 Å². The first kappa shape index (κ1) is 23.9. The molecule has 0 heterocycles. The van der Waals surface area contributed by atoms with Crippen molar-refractivity contribution < 1.29 is 8.42 Å². The van der Waals surface area contributed by atoms with E-state index in [1.807, 2.05) is 43.3 Å². The largest absolute Gasteiger partial charge is 0.287 e. The lowest BCUT2D eigenvalue weighted by atomic mass is 10.0. The van der Waals surface area contributed by atoms with E-state index >= 15 is 0 Å². The Morgan fingerprint density at radius 1 is 0.812 bits per heavy atom. The summed E-state index contributed by atoms with van der Waals surface area (Å²) in [6.45, 7) is 7.66. The van der Waals surface area contributed by atoms with Crippen LogP contribution in [0.5, 0.6) is 0 Å². The van der Waals surface area contributed by atoms with Gasteiger partial charge in [-0.15, -0.1) is 0 Å². The zero-order chi connectivity index (χ0) is 23.0. The molecule has 3 aromatic carbocycles. The number of benzene rings is 3. The molecule has 0 saturated carbocycles. The van der Waals surface area contributed by atoms with Gasteiger partial charge in [-0.25, -0.2) is 0 Å². The molecule has 168 valence electrons. The molecule has 0 bridgehead atoms. The van der Waals surface area contributed by atoms with E-state index in [0.29, 0.717) is 19.0 Å². The third-order valence-corrected chi connectivity index (χ3v) is 6.60. The molecule has 3 rings (SSSR count). The summed E-state index contributed by atoms with van der Waals surface area (Å²) >= 11 is 0. The van der Waals surface area contributed by atoms with Gasteiger partial charge in [-0.05, 0) is 42.5 Å². The third kappa shape index (κ3) is 7.14. The molecule has 0 aliphatic carbocycles. The fourth-order valence-corrected chi connectivity index (χ4v) is 4.54. The normalized spacial score (nSPS) is 13.2. The van der Waals surface area contributed by atoms with E-state index in [2.05, 4.69) is 47.4 Å². The van der Waals surface area contributed by atoms with Crippen molar-refractivity contribution in [2.24, 2.45) is 10.3 Å². The Balaban J connectivity index is 1.91. The quantitative estimate of drug-likeness (QED) is 0.364. The van der Waals surface area contributed by atoms with Gasteiger partial charge in [0.1, 0.15) is 0 Å². The highest BCUT2D eigenvalue weighted by Gasteiger charge is 2.21. The lowest BCUT2D eigenvalue weighted by Crippen LogP contribution is -2.37. The van der Waals surface area contributed by atoms with E-state index in [4.69, 9.17) is 0 Å². The maximum Gasteiger partial charge on any atom is 0.282 e. The number of sulfonamides is 1. The van der Waals surface area contributed by atoms with Crippen LogP contribution in [0.1, 0.15) is 37.0 Å². The predicted molar refractivity (Wildman–Crippen MR) is 132 cm³/mol. The lowest BCUT2D eigenvalue weighted by molar-refractivity contribution is 0.205. The minimum absolute atomic E-state index is 0.115. The van der Waals surface area contributed by atoms with Crippen molar-refractivity contribution in [1.29, 1.82) is 0 Å². The molecular formula is C27H32N2O2S. The molecule has 0 unspecified atom stereocenters. The zero-order valence-electron chi connectivity index (χ0n) is 19.1. The first-order valence-electron chi connectivity index (χ1n) is 11.0. The molecule has 32 heavy (non-hydrogen) atoms. The summed E-state index contributed by atoms with van der Waals surface area (Å²) in [5.41, 5.74) is 3.39. The second-order valence-electron chi connectivity index (χ2n) is 8.62. The van der Waals surface area contributed by atoms with E-state index in [9.17, 15) is 8.42 Å². The zero-order valence-corrected chi connectivity index (χ0v) is 19.9. The summed E-state index contributed by atoms with van der Waals surface area (Å²) in [7, 11) is -3.74. The molecular weight excluding hydrogens is 416 g/mol. The third-order valence-electron chi connectivity index (χ3n) is 5.33. The molecule has 3 aromatic rings. The Labute approximate surface area is 192 Å². The van der Waals surface area contributed by atoms with Gasteiger partial charge in [0.05, 0.1) is 4.90 Å². The van der Waals surface area contributed by atoms with Crippen LogP contribution >= 0.6 is 0 Å². The lowest BCUT2D eigenvalue weighted by Gasteiger charge is -2.30. The molecule has 0 aliphatic heterocycles. The van der Waals surface area contributed by atoms with Gasteiger partial charge in [0.15, 0.2) is 0 Å². The molecule has 0 aromatic heterocycles.